The largest absolute Gasteiger partial charge is 0.496 e. The van der Waals surface area contributed by atoms with E-state index in [4.69, 9.17) is 20.9 Å². The van der Waals surface area contributed by atoms with E-state index in [1.807, 2.05) is 19.1 Å². The summed E-state index contributed by atoms with van der Waals surface area (Å²) >= 11 is 5.69. The minimum atomic E-state index is 0.548. The lowest BCUT2D eigenvalue weighted by Gasteiger charge is -2.03. The van der Waals surface area contributed by atoms with Gasteiger partial charge in [-0.15, -0.1) is 11.6 Å². The molecule has 1 aromatic heterocycles. The predicted octanol–water partition coefficient (Wildman–Crippen LogP) is 2.93. The van der Waals surface area contributed by atoms with Gasteiger partial charge in [0.15, 0.2) is 5.58 Å². The molecule has 0 fully saturated rings. The summed E-state index contributed by atoms with van der Waals surface area (Å²) in [6.07, 6.45) is 0.723. The molecule has 4 heteroatoms. The Morgan fingerprint density at radius 2 is 2.27 bits per heavy atom. The van der Waals surface area contributed by atoms with E-state index in [1.54, 1.807) is 7.11 Å². The summed E-state index contributed by atoms with van der Waals surface area (Å²) in [5.41, 5.74) is 2.67. The summed E-state index contributed by atoms with van der Waals surface area (Å²) in [4.78, 5) is 0. The third-order valence-electron chi connectivity index (χ3n) is 2.47. The number of nitrogens with zero attached hydrogens (tertiary/aromatic N) is 1. The Labute approximate surface area is 93.0 Å². The standard InChI is InChI=1S/C11H12ClNO2/c1-7-10(14-2)4-3-8-9(5-6-12)13-15-11(7)8/h3-4H,5-6H2,1-2H3. The van der Waals surface area contributed by atoms with Gasteiger partial charge < -0.3 is 9.26 Å². The van der Waals surface area contributed by atoms with Crippen LogP contribution in [0.1, 0.15) is 11.3 Å². The van der Waals surface area contributed by atoms with Gasteiger partial charge in [0, 0.05) is 23.3 Å². The number of aryl methyl sites for hydroxylation is 2. The number of rotatable bonds is 3. The number of alkyl halides is 1. The van der Waals surface area contributed by atoms with Crippen LogP contribution in [-0.4, -0.2) is 18.1 Å². The van der Waals surface area contributed by atoms with Gasteiger partial charge in [0.05, 0.1) is 12.8 Å². The monoisotopic (exact) mass is 225 g/mol. The van der Waals surface area contributed by atoms with Crippen molar-refractivity contribution in [3.63, 3.8) is 0 Å². The summed E-state index contributed by atoms with van der Waals surface area (Å²) < 4.78 is 10.5. The molecular formula is C11H12ClNO2. The van der Waals surface area contributed by atoms with Gasteiger partial charge in [-0.1, -0.05) is 5.16 Å². The first-order chi connectivity index (χ1) is 7.27. The highest BCUT2D eigenvalue weighted by Gasteiger charge is 2.12. The van der Waals surface area contributed by atoms with E-state index < -0.39 is 0 Å². The fourth-order valence-electron chi connectivity index (χ4n) is 1.66. The number of hydrogen-bond acceptors (Lipinski definition) is 3. The van der Waals surface area contributed by atoms with Crippen molar-refractivity contribution in [3.05, 3.63) is 23.4 Å². The number of fused-ring (bicyclic) bond motifs is 1. The molecule has 2 rings (SSSR count). The number of benzene rings is 1. The molecule has 0 radical (unpaired) electrons. The van der Waals surface area contributed by atoms with Crippen LogP contribution in [-0.2, 0) is 6.42 Å². The van der Waals surface area contributed by atoms with E-state index in [9.17, 15) is 0 Å². The van der Waals surface area contributed by atoms with Gasteiger partial charge in [-0.2, -0.15) is 0 Å². The van der Waals surface area contributed by atoms with Crippen molar-refractivity contribution in [1.82, 2.24) is 5.16 Å². The van der Waals surface area contributed by atoms with Gasteiger partial charge in [0.25, 0.3) is 0 Å². The van der Waals surface area contributed by atoms with Crippen molar-refractivity contribution < 1.29 is 9.26 Å². The van der Waals surface area contributed by atoms with Crippen LogP contribution >= 0.6 is 11.6 Å². The Morgan fingerprint density at radius 1 is 1.47 bits per heavy atom. The zero-order valence-electron chi connectivity index (χ0n) is 8.71. The molecule has 0 aliphatic carbocycles. The maximum atomic E-state index is 5.69. The molecule has 0 saturated heterocycles. The molecule has 80 valence electrons. The summed E-state index contributed by atoms with van der Waals surface area (Å²) in [5, 5.41) is 5.03. The third-order valence-corrected chi connectivity index (χ3v) is 2.65. The van der Waals surface area contributed by atoms with E-state index in [-0.39, 0.29) is 0 Å². The Morgan fingerprint density at radius 3 is 2.93 bits per heavy atom. The van der Waals surface area contributed by atoms with Crippen LogP contribution in [0.3, 0.4) is 0 Å². The zero-order valence-corrected chi connectivity index (χ0v) is 9.47. The lowest BCUT2D eigenvalue weighted by molar-refractivity contribution is 0.407. The SMILES string of the molecule is COc1ccc2c(CCCl)noc2c1C. The normalized spacial score (nSPS) is 10.9. The van der Waals surface area contributed by atoms with E-state index >= 15 is 0 Å². The first kappa shape index (κ1) is 10.3. The maximum absolute atomic E-state index is 5.69. The molecule has 0 bridgehead atoms. The highest BCUT2D eigenvalue weighted by atomic mass is 35.5. The van der Waals surface area contributed by atoms with Crippen LogP contribution in [0.15, 0.2) is 16.7 Å². The molecule has 0 atom stereocenters. The molecule has 0 aliphatic rings. The van der Waals surface area contributed by atoms with Crippen LogP contribution < -0.4 is 4.74 Å². The number of ether oxygens (including phenoxy) is 1. The van der Waals surface area contributed by atoms with E-state index in [2.05, 4.69) is 5.16 Å². The zero-order chi connectivity index (χ0) is 10.8. The second-order valence-corrected chi connectivity index (χ2v) is 3.72. The maximum Gasteiger partial charge on any atom is 0.173 e. The van der Waals surface area contributed by atoms with Crippen molar-refractivity contribution >= 4 is 22.6 Å². The minimum absolute atomic E-state index is 0.548. The molecule has 3 nitrogen and oxygen atoms in total. The van der Waals surface area contributed by atoms with Gasteiger partial charge >= 0.3 is 0 Å². The average molecular weight is 226 g/mol. The minimum Gasteiger partial charge on any atom is -0.496 e. The Bertz CT molecular complexity index is 479. The highest BCUT2D eigenvalue weighted by molar-refractivity contribution is 6.18. The molecule has 0 amide bonds. The number of aromatic nitrogens is 1. The molecule has 0 N–H and O–H groups in total. The molecule has 0 saturated carbocycles. The highest BCUT2D eigenvalue weighted by Crippen LogP contribution is 2.29. The lowest BCUT2D eigenvalue weighted by atomic mass is 10.1. The number of hydrogen-bond donors (Lipinski definition) is 0. The predicted molar refractivity (Wildman–Crippen MR) is 59.7 cm³/mol. The molecule has 0 unspecified atom stereocenters. The second kappa shape index (κ2) is 4.11. The van der Waals surface area contributed by atoms with Gasteiger partial charge in [-0.25, -0.2) is 0 Å². The third kappa shape index (κ3) is 1.67. The molecule has 2 aromatic rings. The Hall–Kier alpha value is -1.22. The van der Waals surface area contributed by atoms with Crippen molar-refractivity contribution in [2.75, 3.05) is 13.0 Å². The molecule has 1 aromatic carbocycles. The quantitative estimate of drug-likeness (QED) is 0.754. The fourth-order valence-corrected chi connectivity index (χ4v) is 1.84. The second-order valence-electron chi connectivity index (χ2n) is 3.34. The van der Waals surface area contributed by atoms with Gasteiger partial charge in [-0.3, -0.25) is 0 Å². The van der Waals surface area contributed by atoms with E-state index in [0.717, 1.165) is 34.4 Å². The van der Waals surface area contributed by atoms with Crippen molar-refractivity contribution in [1.29, 1.82) is 0 Å². The van der Waals surface area contributed by atoms with Gasteiger partial charge in [0.1, 0.15) is 5.75 Å². The Balaban J connectivity index is 2.60. The van der Waals surface area contributed by atoms with Crippen LogP contribution in [0.2, 0.25) is 0 Å². The van der Waals surface area contributed by atoms with Crippen molar-refractivity contribution in [2.24, 2.45) is 0 Å². The van der Waals surface area contributed by atoms with Crippen LogP contribution in [0.4, 0.5) is 0 Å². The molecule has 15 heavy (non-hydrogen) atoms. The average Bonchev–Trinajstić information content (AvgIpc) is 2.64. The van der Waals surface area contributed by atoms with Crippen LogP contribution in [0.5, 0.6) is 5.75 Å². The summed E-state index contributed by atoms with van der Waals surface area (Å²) in [7, 11) is 1.64. The smallest absolute Gasteiger partial charge is 0.173 e. The Kier molecular flexibility index (Phi) is 2.82. The first-order valence-electron chi connectivity index (χ1n) is 4.75. The number of methoxy groups -OCH3 is 1. The molecule has 0 spiro atoms. The lowest BCUT2D eigenvalue weighted by Crippen LogP contribution is -1.88. The fraction of sp³-hybridized carbons (Fsp3) is 0.364. The summed E-state index contributed by atoms with van der Waals surface area (Å²) in [6, 6.07) is 3.88. The van der Waals surface area contributed by atoms with Gasteiger partial charge in [0.2, 0.25) is 0 Å². The summed E-state index contributed by atoms with van der Waals surface area (Å²) in [5.74, 6) is 1.36. The van der Waals surface area contributed by atoms with Crippen molar-refractivity contribution in [2.45, 2.75) is 13.3 Å². The summed E-state index contributed by atoms with van der Waals surface area (Å²) in [6.45, 7) is 1.96. The van der Waals surface area contributed by atoms with Crippen LogP contribution in [0, 0.1) is 6.92 Å². The topological polar surface area (TPSA) is 35.3 Å². The van der Waals surface area contributed by atoms with Gasteiger partial charge in [-0.05, 0) is 19.1 Å². The van der Waals surface area contributed by atoms with Crippen molar-refractivity contribution in [3.8, 4) is 5.75 Å². The molecular weight excluding hydrogens is 214 g/mol. The first-order valence-corrected chi connectivity index (χ1v) is 5.29. The molecule has 0 aliphatic heterocycles. The van der Waals surface area contributed by atoms with E-state index in [0.29, 0.717) is 5.88 Å². The van der Waals surface area contributed by atoms with E-state index in [1.165, 1.54) is 0 Å². The molecule has 1 heterocycles. The number of halogens is 1. The van der Waals surface area contributed by atoms with Crippen LogP contribution in [0.25, 0.3) is 11.0 Å².